The molecule has 0 aliphatic heterocycles. The van der Waals surface area contributed by atoms with Gasteiger partial charge in [0.05, 0.1) is 0 Å². The number of benzene rings is 1. The van der Waals surface area contributed by atoms with Gasteiger partial charge in [-0.1, -0.05) is 35.4 Å². The van der Waals surface area contributed by atoms with Crippen molar-refractivity contribution in [3.8, 4) is 0 Å². The predicted octanol–water partition coefficient (Wildman–Crippen LogP) is 5.07. The lowest BCUT2D eigenvalue weighted by Gasteiger charge is -2.07. The van der Waals surface area contributed by atoms with Crippen molar-refractivity contribution in [2.24, 2.45) is 0 Å². The first-order valence-electron chi connectivity index (χ1n) is 7.88. The Kier molecular flexibility index (Phi) is 5.37. The summed E-state index contributed by atoms with van der Waals surface area (Å²) in [5.41, 5.74) is 5.63. The molecule has 0 fully saturated rings. The number of allylic oxidation sites excluding steroid dienone is 4. The molecule has 0 spiro atoms. The minimum Gasteiger partial charge on any atom is -0.358 e. The van der Waals surface area contributed by atoms with E-state index in [0.717, 1.165) is 41.4 Å². The average molecular weight is 295 g/mol. The van der Waals surface area contributed by atoms with E-state index in [1.807, 2.05) is 31.2 Å². The van der Waals surface area contributed by atoms with Crippen LogP contribution in [0.25, 0.3) is 10.9 Å². The van der Waals surface area contributed by atoms with Crippen molar-refractivity contribution in [3.63, 3.8) is 0 Å². The summed E-state index contributed by atoms with van der Waals surface area (Å²) >= 11 is 0. The molecule has 2 heteroatoms. The van der Waals surface area contributed by atoms with Crippen LogP contribution in [0.15, 0.2) is 52.4 Å². The minimum absolute atomic E-state index is 0.139. The number of hydrogen-bond acceptors (Lipinski definition) is 1. The van der Waals surface area contributed by atoms with Crippen LogP contribution in [0.3, 0.4) is 0 Å². The van der Waals surface area contributed by atoms with Crippen LogP contribution in [0, 0.1) is 6.92 Å². The lowest BCUT2D eigenvalue weighted by Crippen LogP contribution is -2.11. The number of nitrogens with one attached hydrogen (secondary N) is 1. The normalized spacial score (nSPS) is 11.7. The first-order valence-corrected chi connectivity index (χ1v) is 7.88. The highest BCUT2D eigenvalue weighted by Gasteiger charge is 2.06. The monoisotopic (exact) mass is 295 g/mol. The average Bonchev–Trinajstić information content (AvgIpc) is 2.49. The van der Waals surface area contributed by atoms with Crippen molar-refractivity contribution in [2.45, 2.75) is 47.0 Å². The summed E-state index contributed by atoms with van der Waals surface area (Å²) in [5.74, 6) is 0. The van der Waals surface area contributed by atoms with E-state index in [9.17, 15) is 4.79 Å². The highest BCUT2D eigenvalue weighted by atomic mass is 16.1. The first kappa shape index (κ1) is 16.3. The van der Waals surface area contributed by atoms with Gasteiger partial charge in [0.15, 0.2) is 5.43 Å². The van der Waals surface area contributed by atoms with E-state index in [-0.39, 0.29) is 5.43 Å². The maximum atomic E-state index is 12.4. The van der Waals surface area contributed by atoms with Crippen LogP contribution in [0.5, 0.6) is 0 Å². The van der Waals surface area contributed by atoms with Gasteiger partial charge in [-0.2, -0.15) is 0 Å². The third-order valence-electron chi connectivity index (χ3n) is 4.00. The molecule has 0 aliphatic carbocycles. The van der Waals surface area contributed by atoms with E-state index in [1.54, 1.807) is 0 Å². The zero-order valence-corrected chi connectivity index (χ0v) is 14.0. The zero-order chi connectivity index (χ0) is 16.1. The fraction of sp³-hybridized carbons (Fsp3) is 0.350. The Morgan fingerprint density at radius 3 is 2.59 bits per heavy atom. The molecule has 1 aromatic heterocycles. The van der Waals surface area contributed by atoms with Gasteiger partial charge in [0.2, 0.25) is 0 Å². The van der Waals surface area contributed by atoms with E-state index in [4.69, 9.17) is 0 Å². The fourth-order valence-corrected chi connectivity index (χ4v) is 2.56. The lowest BCUT2D eigenvalue weighted by molar-refractivity contribution is 0.949. The van der Waals surface area contributed by atoms with Crippen LogP contribution < -0.4 is 5.43 Å². The fourth-order valence-electron chi connectivity index (χ4n) is 2.56. The van der Waals surface area contributed by atoms with Crippen molar-refractivity contribution in [1.29, 1.82) is 0 Å². The van der Waals surface area contributed by atoms with Crippen molar-refractivity contribution in [3.05, 3.63) is 69.0 Å². The molecule has 0 atom stereocenters. The van der Waals surface area contributed by atoms with E-state index in [2.05, 4.69) is 37.9 Å². The molecule has 1 heterocycles. The van der Waals surface area contributed by atoms with Gasteiger partial charge in [0.25, 0.3) is 0 Å². The molecule has 1 N–H and O–H groups in total. The second kappa shape index (κ2) is 7.26. The lowest BCUT2D eigenvalue weighted by atomic mass is 10.0. The number of hydrogen-bond donors (Lipinski definition) is 1. The van der Waals surface area contributed by atoms with Crippen LogP contribution in [-0.2, 0) is 6.42 Å². The summed E-state index contributed by atoms with van der Waals surface area (Å²) in [7, 11) is 0. The molecule has 2 nitrogen and oxygen atoms in total. The highest BCUT2D eigenvalue weighted by molar-refractivity contribution is 5.79. The summed E-state index contributed by atoms with van der Waals surface area (Å²) in [6.07, 6.45) is 7.43. The van der Waals surface area contributed by atoms with Gasteiger partial charge in [-0.25, -0.2) is 0 Å². The van der Waals surface area contributed by atoms with Crippen LogP contribution in [0.1, 0.15) is 44.9 Å². The summed E-state index contributed by atoms with van der Waals surface area (Å²) < 4.78 is 0. The van der Waals surface area contributed by atoms with Crippen LogP contribution in [-0.4, -0.2) is 4.98 Å². The van der Waals surface area contributed by atoms with Crippen LogP contribution in [0.4, 0.5) is 0 Å². The van der Waals surface area contributed by atoms with Gasteiger partial charge in [0.1, 0.15) is 0 Å². The maximum absolute atomic E-state index is 12.4. The van der Waals surface area contributed by atoms with Crippen molar-refractivity contribution >= 4 is 10.9 Å². The predicted molar refractivity (Wildman–Crippen MR) is 95.4 cm³/mol. The van der Waals surface area contributed by atoms with E-state index in [1.165, 1.54) is 11.1 Å². The highest BCUT2D eigenvalue weighted by Crippen LogP contribution is 2.13. The molecule has 116 valence electrons. The van der Waals surface area contributed by atoms with Gasteiger partial charge in [-0.3, -0.25) is 4.79 Å². The summed E-state index contributed by atoms with van der Waals surface area (Å²) in [5, 5.41) is 0.771. The molecule has 0 bridgehead atoms. The van der Waals surface area contributed by atoms with Crippen LogP contribution >= 0.6 is 0 Å². The first-order chi connectivity index (χ1) is 10.5. The number of para-hydroxylation sites is 1. The number of rotatable bonds is 5. The number of pyridine rings is 1. The Labute approximate surface area is 132 Å². The summed E-state index contributed by atoms with van der Waals surface area (Å²) in [6.45, 7) is 8.32. The van der Waals surface area contributed by atoms with Crippen LogP contribution in [0.2, 0.25) is 0 Å². The molecule has 0 amide bonds. The molecule has 22 heavy (non-hydrogen) atoms. The molecular weight excluding hydrogens is 270 g/mol. The minimum atomic E-state index is 0.139. The Hall–Kier alpha value is -2.09. The zero-order valence-electron chi connectivity index (χ0n) is 14.0. The number of aromatic nitrogens is 1. The number of fused-ring (bicyclic) bond motifs is 1. The van der Waals surface area contributed by atoms with Gasteiger partial charge in [-0.05, 0) is 52.7 Å². The van der Waals surface area contributed by atoms with E-state index in [0.29, 0.717) is 0 Å². The van der Waals surface area contributed by atoms with Crippen molar-refractivity contribution in [2.75, 3.05) is 0 Å². The van der Waals surface area contributed by atoms with Gasteiger partial charge in [0, 0.05) is 28.6 Å². The quantitative estimate of drug-likeness (QED) is 0.767. The van der Waals surface area contributed by atoms with Crippen molar-refractivity contribution in [1.82, 2.24) is 4.98 Å². The van der Waals surface area contributed by atoms with Gasteiger partial charge >= 0.3 is 0 Å². The maximum Gasteiger partial charge on any atom is 0.192 e. The number of aromatic amines is 1. The third-order valence-corrected chi connectivity index (χ3v) is 4.00. The summed E-state index contributed by atoms with van der Waals surface area (Å²) in [6, 6.07) is 7.71. The van der Waals surface area contributed by atoms with Gasteiger partial charge < -0.3 is 4.98 Å². The molecule has 0 radical (unpaired) electrons. The number of H-pyrrole nitrogens is 1. The Morgan fingerprint density at radius 1 is 1.14 bits per heavy atom. The smallest absolute Gasteiger partial charge is 0.192 e. The molecule has 0 aliphatic rings. The van der Waals surface area contributed by atoms with E-state index < -0.39 is 0 Å². The topological polar surface area (TPSA) is 32.9 Å². The molecular formula is C20H25NO. The largest absolute Gasteiger partial charge is 0.358 e. The van der Waals surface area contributed by atoms with Gasteiger partial charge in [-0.15, -0.1) is 0 Å². The second-order valence-corrected chi connectivity index (χ2v) is 6.18. The Morgan fingerprint density at radius 2 is 1.86 bits per heavy atom. The van der Waals surface area contributed by atoms with Crippen molar-refractivity contribution < 1.29 is 0 Å². The molecule has 0 saturated carbocycles. The molecule has 0 unspecified atom stereocenters. The van der Waals surface area contributed by atoms with E-state index >= 15 is 0 Å². The molecule has 2 rings (SSSR count). The SMILES string of the molecule is CC(C)=CCCC(C)=CCc1[nH]c2ccccc2c(=O)c1C. The molecule has 1 aromatic carbocycles. The Balaban J connectivity index is 2.19. The second-order valence-electron chi connectivity index (χ2n) is 6.18. The Bertz CT molecular complexity index is 774. The molecule has 0 saturated heterocycles. The summed E-state index contributed by atoms with van der Waals surface area (Å²) in [4.78, 5) is 15.8. The standard InChI is InChI=1S/C20H25NO/c1-14(2)8-7-9-15(3)12-13-18-16(4)20(22)17-10-5-6-11-19(17)21-18/h5-6,8,10-12H,7,9,13H2,1-4H3,(H,21,22). The third kappa shape index (κ3) is 3.97. The molecule has 2 aromatic rings.